The van der Waals surface area contributed by atoms with Crippen molar-refractivity contribution in [3.05, 3.63) is 24.2 Å². The van der Waals surface area contributed by atoms with Gasteiger partial charge in [-0.25, -0.2) is 4.79 Å². The quantitative estimate of drug-likeness (QED) is 0.917. The molecule has 1 aliphatic rings. The van der Waals surface area contributed by atoms with Crippen LogP contribution in [0.5, 0.6) is 0 Å². The van der Waals surface area contributed by atoms with Gasteiger partial charge in [-0.15, -0.1) is 0 Å². The summed E-state index contributed by atoms with van der Waals surface area (Å²) in [4.78, 5) is 26.7. The Balaban J connectivity index is 1.98. The fourth-order valence-electron chi connectivity index (χ4n) is 2.86. The average molecular weight is 336 g/mol. The highest BCUT2D eigenvalue weighted by atomic mass is 16.6. The molecule has 6 nitrogen and oxygen atoms in total. The monoisotopic (exact) mass is 336 g/mol. The molecule has 1 fully saturated rings. The lowest BCUT2D eigenvalue weighted by molar-refractivity contribution is -0.133. The molecule has 1 aromatic heterocycles. The van der Waals surface area contributed by atoms with Crippen LogP contribution in [0.3, 0.4) is 0 Å². The maximum atomic E-state index is 12.8. The van der Waals surface area contributed by atoms with E-state index in [1.807, 2.05) is 26.0 Å². The summed E-state index contributed by atoms with van der Waals surface area (Å²) in [6, 6.07) is 3.22. The lowest BCUT2D eigenvalue weighted by atomic mass is 10.0. The standard InChI is InChI=1S/C18H28N2O4/c1-12(2)15(19-17(22)24-18(3,4)5)16(21)20-9-8-13(11-20)14-7-6-10-23-14/h6-7,10,12-13,15H,8-9,11H2,1-5H3,(H,19,22). The third-order valence-corrected chi connectivity index (χ3v) is 4.05. The number of furan rings is 1. The van der Waals surface area contributed by atoms with Gasteiger partial charge in [0.25, 0.3) is 0 Å². The smallest absolute Gasteiger partial charge is 0.408 e. The third-order valence-electron chi connectivity index (χ3n) is 4.05. The Hall–Kier alpha value is -1.98. The maximum Gasteiger partial charge on any atom is 0.408 e. The topological polar surface area (TPSA) is 71.8 Å². The Kier molecular flexibility index (Phi) is 5.57. The molecule has 134 valence electrons. The van der Waals surface area contributed by atoms with E-state index in [1.165, 1.54) is 0 Å². The van der Waals surface area contributed by atoms with Crippen molar-refractivity contribution < 1.29 is 18.7 Å². The number of amides is 2. The van der Waals surface area contributed by atoms with Crippen LogP contribution in [0.25, 0.3) is 0 Å². The predicted octanol–water partition coefficient (Wildman–Crippen LogP) is 3.14. The molecule has 2 atom stereocenters. The minimum atomic E-state index is -0.591. The molecule has 1 aliphatic heterocycles. The van der Waals surface area contributed by atoms with Gasteiger partial charge in [0.05, 0.1) is 6.26 Å². The number of carbonyl (C=O) groups is 2. The van der Waals surface area contributed by atoms with Crippen molar-refractivity contribution in [3.8, 4) is 0 Å². The molecule has 0 saturated carbocycles. The first-order chi connectivity index (χ1) is 11.2. The number of rotatable bonds is 4. The largest absolute Gasteiger partial charge is 0.469 e. The Morgan fingerprint density at radius 1 is 1.38 bits per heavy atom. The predicted molar refractivity (Wildman–Crippen MR) is 90.6 cm³/mol. The van der Waals surface area contributed by atoms with Crippen molar-refractivity contribution in [1.29, 1.82) is 0 Å². The van der Waals surface area contributed by atoms with Crippen molar-refractivity contribution in [2.45, 2.75) is 58.6 Å². The summed E-state index contributed by atoms with van der Waals surface area (Å²) in [6.45, 7) is 10.5. The van der Waals surface area contributed by atoms with Crippen molar-refractivity contribution in [2.24, 2.45) is 5.92 Å². The van der Waals surface area contributed by atoms with Gasteiger partial charge in [-0.1, -0.05) is 13.8 Å². The number of ether oxygens (including phenoxy) is 1. The SMILES string of the molecule is CC(C)C(NC(=O)OC(C)(C)C)C(=O)N1CCC(c2ccco2)C1. The second-order valence-electron chi connectivity index (χ2n) is 7.65. The van der Waals surface area contributed by atoms with Crippen LogP contribution in [0.15, 0.2) is 22.8 Å². The van der Waals surface area contributed by atoms with Crippen LogP contribution in [-0.2, 0) is 9.53 Å². The second kappa shape index (κ2) is 7.28. The minimum Gasteiger partial charge on any atom is -0.469 e. The summed E-state index contributed by atoms with van der Waals surface area (Å²) >= 11 is 0. The molecule has 2 amide bonds. The molecule has 24 heavy (non-hydrogen) atoms. The molecular weight excluding hydrogens is 308 g/mol. The molecular formula is C18H28N2O4. The van der Waals surface area contributed by atoms with Crippen molar-refractivity contribution in [2.75, 3.05) is 13.1 Å². The van der Waals surface area contributed by atoms with Gasteiger partial charge in [0, 0.05) is 19.0 Å². The number of nitrogens with one attached hydrogen (secondary N) is 1. The summed E-state index contributed by atoms with van der Waals surface area (Å²) < 4.78 is 10.7. The Bertz CT molecular complexity index is 560. The Morgan fingerprint density at radius 2 is 2.08 bits per heavy atom. The van der Waals surface area contributed by atoms with Gasteiger partial charge in [0.15, 0.2) is 0 Å². The molecule has 1 N–H and O–H groups in total. The van der Waals surface area contributed by atoms with E-state index in [1.54, 1.807) is 31.9 Å². The van der Waals surface area contributed by atoms with Gasteiger partial charge in [0.2, 0.25) is 5.91 Å². The number of nitrogens with zero attached hydrogens (tertiary/aromatic N) is 1. The first-order valence-electron chi connectivity index (χ1n) is 8.49. The number of alkyl carbamates (subject to hydrolysis) is 1. The van der Waals surface area contributed by atoms with Crippen molar-refractivity contribution >= 4 is 12.0 Å². The normalized spacial score (nSPS) is 19.4. The molecule has 0 bridgehead atoms. The highest BCUT2D eigenvalue weighted by molar-refractivity contribution is 5.86. The van der Waals surface area contributed by atoms with E-state index in [9.17, 15) is 9.59 Å². The molecule has 0 aliphatic carbocycles. The molecule has 2 unspecified atom stereocenters. The van der Waals surface area contributed by atoms with Crippen LogP contribution >= 0.6 is 0 Å². The number of hydrogen-bond acceptors (Lipinski definition) is 4. The van der Waals surface area contributed by atoms with E-state index < -0.39 is 17.7 Å². The van der Waals surface area contributed by atoms with Crippen LogP contribution in [0, 0.1) is 5.92 Å². The van der Waals surface area contributed by atoms with E-state index in [0.717, 1.165) is 12.2 Å². The summed E-state index contributed by atoms with van der Waals surface area (Å²) in [5, 5.41) is 2.72. The first-order valence-corrected chi connectivity index (χ1v) is 8.49. The fourth-order valence-corrected chi connectivity index (χ4v) is 2.86. The van der Waals surface area contributed by atoms with Gasteiger partial charge < -0.3 is 19.4 Å². The minimum absolute atomic E-state index is 0.0207. The summed E-state index contributed by atoms with van der Waals surface area (Å²) in [6.07, 6.45) is 1.97. The zero-order valence-corrected chi connectivity index (χ0v) is 15.2. The first kappa shape index (κ1) is 18.4. The zero-order valence-electron chi connectivity index (χ0n) is 15.2. The molecule has 2 heterocycles. The lowest BCUT2D eigenvalue weighted by Crippen LogP contribution is -2.51. The Morgan fingerprint density at radius 3 is 2.62 bits per heavy atom. The summed E-state index contributed by atoms with van der Waals surface area (Å²) in [7, 11) is 0. The molecule has 1 aromatic rings. The Labute approximate surface area is 143 Å². The van der Waals surface area contributed by atoms with Crippen LogP contribution in [0.1, 0.15) is 52.7 Å². The van der Waals surface area contributed by atoms with E-state index >= 15 is 0 Å². The fraction of sp³-hybridized carbons (Fsp3) is 0.667. The van der Waals surface area contributed by atoms with Gasteiger partial charge in [0.1, 0.15) is 17.4 Å². The summed E-state index contributed by atoms with van der Waals surface area (Å²) in [5.74, 6) is 1.04. The van der Waals surface area contributed by atoms with Gasteiger partial charge in [-0.2, -0.15) is 0 Å². The number of hydrogen-bond donors (Lipinski definition) is 1. The second-order valence-corrected chi connectivity index (χ2v) is 7.65. The third kappa shape index (κ3) is 4.76. The van der Waals surface area contributed by atoms with Crippen molar-refractivity contribution in [1.82, 2.24) is 10.2 Å². The van der Waals surface area contributed by atoms with Crippen LogP contribution < -0.4 is 5.32 Å². The zero-order chi connectivity index (χ0) is 17.9. The highest BCUT2D eigenvalue weighted by Gasteiger charge is 2.35. The highest BCUT2D eigenvalue weighted by Crippen LogP contribution is 2.28. The van der Waals surface area contributed by atoms with E-state index in [4.69, 9.17) is 9.15 Å². The lowest BCUT2D eigenvalue weighted by Gasteiger charge is -2.28. The van der Waals surface area contributed by atoms with E-state index in [2.05, 4.69) is 5.32 Å². The van der Waals surface area contributed by atoms with Gasteiger partial charge >= 0.3 is 6.09 Å². The van der Waals surface area contributed by atoms with Gasteiger partial charge in [-0.3, -0.25) is 4.79 Å². The van der Waals surface area contributed by atoms with E-state index in [0.29, 0.717) is 13.1 Å². The number of carbonyl (C=O) groups excluding carboxylic acids is 2. The molecule has 2 rings (SSSR count). The number of likely N-dealkylation sites (tertiary alicyclic amines) is 1. The molecule has 1 saturated heterocycles. The molecule has 0 spiro atoms. The van der Waals surface area contributed by atoms with Gasteiger partial charge in [-0.05, 0) is 45.2 Å². The maximum absolute atomic E-state index is 12.8. The van der Waals surface area contributed by atoms with Crippen molar-refractivity contribution in [3.63, 3.8) is 0 Å². The average Bonchev–Trinajstić information content (AvgIpc) is 3.11. The molecule has 0 radical (unpaired) electrons. The molecule has 0 aromatic carbocycles. The van der Waals surface area contributed by atoms with Crippen LogP contribution in [-0.4, -0.2) is 41.6 Å². The van der Waals surface area contributed by atoms with Crippen LogP contribution in [0.2, 0.25) is 0 Å². The van der Waals surface area contributed by atoms with E-state index in [-0.39, 0.29) is 17.7 Å². The summed E-state index contributed by atoms with van der Waals surface area (Å²) in [5.41, 5.74) is -0.591. The molecule has 6 heteroatoms. The van der Waals surface area contributed by atoms with Crippen LogP contribution in [0.4, 0.5) is 4.79 Å².